The van der Waals surface area contributed by atoms with Gasteiger partial charge in [0, 0.05) is 25.5 Å². The Morgan fingerprint density at radius 3 is 2.64 bits per heavy atom. The van der Waals surface area contributed by atoms with Gasteiger partial charge in [-0.05, 0) is 43.6 Å². The predicted octanol–water partition coefficient (Wildman–Crippen LogP) is 2.85. The highest BCUT2D eigenvalue weighted by Crippen LogP contribution is 2.38. The van der Waals surface area contributed by atoms with Gasteiger partial charge >= 0.3 is 0 Å². The number of nitrogens with one attached hydrogen (secondary N) is 1. The molecule has 1 saturated heterocycles. The lowest BCUT2D eigenvalue weighted by atomic mass is 9.71. The standard InChI is InChI=1S/C18H34N2O2/c1-14(2)17-15(7-6-10-22-17)12-20-16(21)11-18(13-19)8-4-3-5-9-18/h14-15,17H,3-13,19H2,1-2H3,(H,20,21). The van der Waals surface area contributed by atoms with E-state index in [1.165, 1.54) is 19.3 Å². The third-order valence-corrected chi connectivity index (χ3v) is 5.60. The Morgan fingerprint density at radius 1 is 1.27 bits per heavy atom. The quantitative estimate of drug-likeness (QED) is 0.793. The summed E-state index contributed by atoms with van der Waals surface area (Å²) < 4.78 is 5.90. The summed E-state index contributed by atoms with van der Waals surface area (Å²) in [6.07, 6.45) is 9.10. The highest BCUT2D eigenvalue weighted by molar-refractivity contribution is 5.76. The first kappa shape index (κ1) is 17.7. The molecule has 2 fully saturated rings. The summed E-state index contributed by atoms with van der Waals surface area (Å²) in [6, 6.07) is 0. The van der Waals surface area contributed by atoms with E-state index in [0.717, 1.165) is 38.8 Å². The molecule has 4 nitrogen and oxygen atoms in total. The molecule has 0 aromatic rings. The number of carbonyl (C=O) groups is 1. The summed E-state index contributed by atoms with van der Waals surface area (Å²) in [5.74, 6) is 1.15. The summed E-state index contributed by atoms with van der Waals surface area (Å²) >= 11 is 0. The lowest BCUT2D eigenvalue weighted by Gasteiger charge is -2.37. The number of hydrogen-bond donors (Lipinski definition) is 2. The molecular formula is C18H34N2O2. The maximum Gasteiger partial charge on any atom is 0.220 e. The molecule has 2 rings (SSSR count). The van der Waals surface area contributed by atoms with Crippen LogP contribution in [0.2, 0.25) is 0 Å². The minimum atomic E-state index is 0.0584. The van der Waals surface area contributed by atoms with E-state index in [9.17, 15) is 4.79 Å². The molecule has 1 saturated carbocycles. The lowest BCUT2D eigenvalue weighted by molar-refractivity contribution is -0.124. The number of hydrogen-bond acceptors (Lipinski definition) is 3. The smallest absolute Gasteiger partial charge is 0.220 e. The molecule has 22 heavy (non-hydrogen) atoms. The molecule has 128 valence electrons. The molecule has 1 aliphatic carbocycles. The average molecular weight is 310 g/mol. The van der Waals surface area contributed by atoms with Gasteiger partial charge in [-0.25, -0.2) is 0 Å². The molecule has 0 bridgehead atoms. The van der Waals surface area contributed by atoms with Gasteiger partial charge in [0.1, 0.15) is 0 Å². The Kier molecular flexibility index (Phi) is 6.69. The third-order valence-electron chi connectivity index (χ3n) is 5.60. The van der Waals surface area contributed by atoms with Crippen molar-refractivity contribution in [2.75, 3.05) is 19.7 Å². The zero-order valence-electron chi connectivity index (χ0n) is 14.4. The van der Waals surface area contributed by atoms with Gasteiger partial charge in [-0.15, -0.1) is 0 Å². The molecule has 0 radical (unpaired) electrons. The van der Waals surface area contributed by atoms with Crippen molar-refractivity contribution in [3.05, 3.63) is 0 Å². The third kappa shape index (κ3) is 4.69. The number of nitrogens with two attached hydrogens (primary N) is 1. The first-order chi connectivity index (χ1) is 10.6. The second kappa shape index (κ2) is 8.30. The highest BCUT2D eigenvalue weighted by atomic mass is 16.5. The fourth-order valence-corrected chi connectivity index (χ4v) is 4.22. The maximum atomic E-state index is 12.4. The van der Waals surface area contributed by atoms with Crippen LogP contribution in [-0.2, 0) is 9.53 Å². The van der Waals surface area contributed by atoms with Crippen LogP contribution < -0.4 is 11.1 Å². The van der Waals surface area contributed by atoms with E-state index in [4.69, 9.17) is 10.5 Å². The first-order valence-corrected chi connectivity index (χ1v) is 9.15. The van der Waals surface area contributed by atoms with Crippen molar-refractivity contribution >= 4 is 5.91 Å². The Bertz CT molecular complexity index is 351. The largest absolute Gasteiger partial charge is 0.378 e. The Morgan fingerprint density at radius 2 is 2.00 bits per heavy atom. The zero-order valence-corrected chi connectivity index (χ0v) is 14.4. The molecule has 2 unspecified atom stereocenters. The van der Waals surface area contributed by atoms with Crippen LogP contribution in [0.3, 0.4) is 0 Å². The van der Waals surface area contributed by atoms with Gasteiger partial charge in [0.05, 0.1) is 6.10 Å². The van der Waals surface area contributed by atoms with E-state index >= 15 is 0 Å². The van der Waals surface area contributed by atoms with Gasteiger partial charge in [0.25, 0.3) is 0 Å². The van der Waals surface area contributed by atoms with Crippen LogP contribution in [0.5, 0.6) is 0 Å². The summed E-state index contributed by atoms with van der Waals surface area (Å²) in [7, 11) is 0. The molecule has 1 aliphatic heterocycles. The van der Waals surface area contributed by atoms with Crippen LogP contribution in [-0.4, -0.2) is 31.7 Å². The summed E-state index contributed by atoms with van der Waals surface area (Å²) in [5, 5.41) is 3.17. The summed E-state index contributed by atoms with van der Waals surface area (Å²) in [6.45, 7) is 6.67. The minimum absolute atomic E-state index is 0.0584. The van der Waals surface area contributed by atoms with Crippen molar-refractivity contribution in [3.8, 4) is 0 Å². The lowest BCUT2D eigenvalue weighted by Crippen LogP contribution is -2.43. The van der Waals surface area contributed by atoms with E-state index in [2.05, 4.69) is 19.2 Å². The fourth-order valence-electron chi connectivity index (χ4n) is 4.22. The van der Waals surface area contributed by atoms with Crippen LogP contribution in [0.4, 0.5) is 0 Å². The minimum Gasteiger partial charge on any atom is -0.378 e. The van der Waals surface area contributed by atoms with E-state index in [1.807, 2.05) is 0 Å². The predicted molar refractivity (Wildman–Crippen MR) is 89.5 cm³/mol. The maximum absolute atomic E-state index is 12.4. The van der Waals surface area contributed by atoms with E-state index in [0.29, 0.717) is 24.8 Å². The van der Waals surface area contributed by atoms with Crippen molar-refractivity contribution in [1.29, 1.82) is 0 Å². The van der Waals surface area contributed by atoms with Gasteiger partial charge in [-0.2, -0.15) is 0 Å². The molecule has 1 amide bonds. The molecular weight excluding hydrogens is 276 g/mol. The SMILES string of the molecule is CC(C)C1OCCCC1CNC(=O)CC1(CN)CCCCC1. The number of rotatable bonds is 6. The molecule has 3 N–H and O–H groups in total. The van der Waals surface area contributed by atoms with E-state index in [-0.39, 0.29) is 17.4 Å². The molecule has 2 aliphatic rings. The summed E-state index contributed by atoms with van der Waals surface area (Å²) in [5.41, 5.74) is 6.05. The van der Waals surface area contributed by atoms with Crippen molar-refractivity contribution in [2.45, 2.75) is 71.3 Å². The van der Waals surface area contributed by atoms with E-state index < -0.39 is 0 Å². The molecule has 0 spiro atoms. The molecule has 2 atom stereocenters. The number of ether oxygens (including phenoxy) is 1. The fraction of sp³-hybridized carbons (Fsp3) is 0.944. The van der Waals surface area contributed by atoms with Crippen molar-refractivity contribution < 1.29 is 9.53 Å². The second-order valence-corrected chi connectivity index (χ2v) is 7.73. The topological polar surface area (TPSA) is 64.3 Å². The number of carbonyl (C=O) groups excluding carboxylic acids is 1. The highest BCUT2D eigenvalue weighted by Gasteiger charge is 2.34. The van der Waals surface area contributed by atoms with Gasteiger partial charge < -0.3 is 15.8 Å². The van der Waals surface area contributed by atoms with Gasteiger partial charge in [0.2, 0.25) is 5.91 Å². The van der Waals surface area contributed by atoms with Crippen molar-refractivity contribution in [1.82, 2.24) is 5.32 Å². The molecule has 4 heteroatoms. The second-order valence-electron chi connectivity index (χ2n) is 7.73. The first-order valence-electron chi connectivity index (χ1n) is 9.15. The summed E-state index contributed by atoms with van der Waals surface area (Å²) in [4.78, 5) is 12.4. The van der Waals surface area contributed by atoms with Crippen molar-refractivity contribution in [2.24, 2.45) is 23.0 Å². The molecule has 1 heterocycles. The van der Waals surface area contributed by atoms with Crippen LogP contribution in [0.15, 0.2) is 0 Å². The number of amides is 1. The van der Waals surface area contributed by atoms with Gasteiger partial charge in [-0.1, -0.05) is 33.1 Å². The average Bonchev–Trinajstić information content (AvgIpc) is 2.54. The Labute approximate surface area is 135 Å². The molecule has 0 aromatic heterocycles. The Balaban J connectivity index is 1.81. The van der Waals surface area contributed by atoms with Crippen LogP contribution in [0, 0.1) is 17.3 Å². The Hall–Kier alpha value is -0.610. The monoisotopic (exact) mass is 310 g/mol. The molecule has 0 aromatic carbocycles. The van der Waals surface area contributed by atoms with Crippen LogP contribution in [0.25, 0.3) is 0 Å². The van der Waals surface area contributed by atoms with Gasteiger partial charge in [0.15, 0.2) is 0 Å². The normalized spacial score (nSPS) is 28.5. The van der Waals surface area contributed by atoms with Gasteiger partial charge in [-0.3, -0.25) is 4.79 Å². The zero-order chi connectivity index (χ0) is 16.0. The van der Waals surface area contributed by atoms with Crippen molar-refractivity contribution in [3.63, 3.8) is 0 Å². The van der Waals surface area contributed by atoms with Crippen LogP contribution in [0.1, 0.15) is 65.2 Å². The van der Waals surface area contributed by atoms with E-state index in [1.54, 1.807) is 0 Å². The van der Waals surface area contributed by atoms with Crippen LogP contribution >= 0.6 is 0 Å².